The molecule has 1 aromatic carbocycles. The van der Waals surface area contributed by atoms with Crippen molar-refractivity contribution in [2.24, 2.45) is 7.05 Å². The van der Waals surface area contributed by atoms with Crippen LogP contribution in [0, 0.1) is 13.8 Å². The largest absolute Gasteiger partial charge is 0.462 e. The van der Waals surface area contributed by atoms with Crippen molar-refractivity contribution in [3.05, 3.63) is 62.1 Å². The van der Waals surface area contributed by atoms with Crippen molar-refractivity contribution in [1.82, 2.24) is 23.1 Å². The maximum atomic E-state index is 13.2. The summed E-state index contributed by atoms with van der Waals surface area (Å²) >= 11 is 0. The van der Waals surface area contributed by atoms with E-state index in [1.165, 1.54) is 18.5 Å². The number of hydrogen-bond donors (Lipinski definition) is 0. The number of esters is 1. The van der Waals surface area contributed by atoms with Crippen LogP contribution in [0.4, 0.5) is 0 Å². The molecule has 0 radical (unpaired) electrons. The number of hydrogen-bond acceptors (Lipinski definition) is 6. The zero-order valence-corrected chi connectivity index (χ0v) is 18.5. The molecular weight excluding hydrogens is 414 g/mol. The van der Waals surface area contributed by atoms with Gasteiger partial charge in [0.15, 0.2) is 11.2 Å². The van der Waals surface area contributed by atoms with Gasteiger partial charge in [-0.3, -0.25) is 27.7 Å². The molecule has 10 nitrogen and oxygen atoms in total. The number of benzene rings is 1. The van der Waals surface area contributed by atoms with Crippen LogP contribution in [-0.2, 0) is 23.1 Å². The molecule has 0 fully saturated rings. The molecule has 4 aromatic rings. The average Bonchev–Trinajstić information content (AvgIpc) is 3.25. The average molecular weight is 437 g/mol. The van der Waals surface area contributed by atoms with Gasteiger partial charge in [0.1, 0.15) is 5.78 Å². The second-order valence-corrected chi connectivity index (χ2v) is 7.63. The Kier molecular flexibility index (Phi) is 5.08. The van der Waals surface area contributed by atoms with Crippen molar-refractivity contribution in [2.45, 2.75) is 34.2 Å². The number of ketones is 1. The van der Waals surface area contributed by atoms with Crippen molar-refractivity contribution >= 4 is 28.7 Å². The Morgan fingerprint density at radius 2 is 1.72 bits per heavy atom. The van der Waals surface area contributed by atoms with E-state index in [1.54, 1.807) is 35.6 Å². The van der Waals surface area contributed by atoms with E-state index >= 15 is 0 Å². The molecule has 0 atom stereocenters. The lowest BCUT2D eigenvalue weighted by Crippen LogP contribution is -2.40. The van der Waals surface area contributed by atoms with E-state index in [2.05, 4.69) is 4.98 Å². The van der Waals surface area contributed by atoms with Gasteiger partial charge in [-0.15, -0.1) is 0 Å². The van der Waals surface area contributed by atoms with E-state index in [9.17, 15) is 19.2 Å². The van der Waals surface area contributed by atoms with Gasteiger partial charge < -0.3 is 4.74 Å². The first-order valence-electron chi connectivity index (χ1n) is 10.1. The van der Waals surface area contributed by atoms with E-state index in [-0.39, 0.29) is 30.1 Å². The molecule has 0 spiro atoms. The fourth-order valence-corrected chi connectivity index (χ4v) is 3.88. The standard InChI is InChI=1S/C22H23N5O5/c1-6-32-20(30)15-7-9-16(10-8-15)26-13(3)14(4)27-17-18(23-21(26)27)24(5)22(31)25(19(17)29)11-12(2)28/h7-10H,6,11H2,1-5H3. The molecule has 0 saturated carbocycles. The molecule has 0 unspecified atom stereocenters. The molecule has 0 aliphatic heterocycles. The molecule has 3 heterocycles. The van der Waals surface area contributed by atoms with E-state index in [4.69, 9.17) is 4.74 Å². The number of fused-ring (bicyclic) bond motifs is 3. The lowest BCUT2D eigenvalue weighted by Gasteiger charge is -2.08. The molecule has 0 aliphatic rings. The Morgan fingerprint density at radius 1 is 1.06 bits per heavy atom. The third kappa shape index (κ3) is 3.06. The number of nitrogens with zero attached hydrogens (tertiary/aromatic N) is 5. The second-order valence-electron chi connectivity index (χ2n) is 7.63. The van der Waals surface area contributed by atoms with Crippen molar-refractivity contribution in [3.63, 3.8) is 0 Å². The monoisotopic (exact) mass is 437 g/mol. The molecule has 166 valence electrons. The first kappa shape index (κ1) is 21.3. The van der Waals surface area contributed by atoms with Gasteiger partial charge in [0.05, 0.1) is 18.7 Å². The van der Waals surface area contributed by atoms with Crippen LogP contribution >= 0.6 is 0 Å². The van der Waals surface area contributed by atoms with Crippen molar-refractivity contribution in [3.8, 4) is 5.69 Å². The van der Waals surface area contributed by atoms with Gasteiger partial charge in [0, 0.05) is 24.1 Å². The first-order chi connectivity index (χ1) is 15.2. The molecule has 10 heteroatoms. The number of imidazole rings is 2. The second kappa shape index (κ2) is 7.63. The Balaban J connectivity index is 2.01. The summed E-state index contributed by atoms with van der Waals surface area (Å²) in [4.78, 5) is 54.0. The summed E-state index contributed by atoms with van der Waals surface area (Å²) in [6.45, 7) is 6.81. The van der Waals surface area contributed by atoms with Gasteiger partial charge in [0.2, 0.25) is 5.78 Å². The summed E-state index contributed by atoms with van der Waals surface area (Å²) in [6, 6.07) is 6.86. The molecule has 4 rings (SSSR count). The lowest BCUT2D eigenvalue weighted by atomic mass is 10.2. The summed E-state index contributed by atoms with van der Waals surface area (Å²) in [5.74, 6) is -0.250. The number of ether oxygens (including phenoxy) is 1. The van der Waals surface area contributed by atoms with E-state index in [0.717, 1.165) is 21.6 Å². The van der Waals surface area contributed by atoms with Crippen LogP contribution < -0.4 is 11.2 Å². The molecule has 0 aliphatic carbocycles. The van der Waals surface area contributed by atoms with Gasteiger partial charge >= 0.3 is 11.7 Å². The van der Waals surface area contributed by atoms with Gasteiger partial charge in [0.25, 0.3) is 5.56 Å². The molecule has 0 saturated heterocycles. The number of rotatable bonds is 5. The maximum Gasteiger partial charge on any atom is 0.338 e. The summed E-state index contributed by atoms with van der Waals surface area (Å²) in [7, 11) is 1.52. The van der Waals surface area contributed by atoms with Crippen LogP contribution in [0.2, 0.25) is 0 Å². The van der Waals surface area contributed by atoms with Crippen LogP contribution in [0.25, 0.3) is 22.6 Å². The van der Waals surface area contributed by atoms with Crippen LogP contribution in [-0.4, -0.2) is 41.4 Å². The number of Topliss-reactive ketones (excluding diaryl/α,β-unsaturated/α-hetero) is 1. The van der Waals surface area contributed by atoms with Crippen molar-refractivity contribution in [2.75, 3.05) is 6.61 Å². The van der Waals surface area contributed by atoms with E-state index in [1.807, 2.05) is 18.4 Å². The van der Waals surface area contributed by atoms with Gasteiger partial charge in [-0.05, 0) is 52.0 Å². The Bertz CT molecular complexity index is 1520. The number of carbonyl (C=O) groups is 2. The Hall–Kier alpha value is -3.95. The van der Waals surface area contributed by atoms with Gasteiger partial charge in [-0.2, -0.15) is 4.98 Å². The number of aryl methyl sites for hydroxylation is 2. The van der Waals surface area contributed by atoms with Crippen LogP contribution in [0.15, 0.2) is 33.9 Å². The zero-order chi connectivity index (χ0) is 23.3. The summed E-state index contributed by atoms with van der Waals surface area (Å²) in [5, 5.41) is 0. The minimum Gasteiger partial charge on any atom is -0.462 e. The van der Waals surface area contributed by atoms with Crippen molar-refractivity contribution < 1.29 is 14.3 Å². The van der Waals surface area contributed by atoms with Gasteiger partial charge in [-0.25, -0.2) is 9.59 Å². The predicted octanol–water partition coefficient (Wildman–Crippen LogP) is 1.52. The highest BCUT2D eigenvalue weighted by Gasteiger charge is 2.23. The highest BCUT2D eigenvalue weighted by Crippen LogP contribution is 2.24. The molecule has 3 aromatic heterocycles. The Labute approximate surface area is 182 Å². The third-order valence-electron chi connectivity index (χ3n) is 5.54. The minimum absolute atomic E-state index is 0.228. The lowest BCUT2D eigenvalue weighted by molar-refractivity contribution is -0.117. The topological polar surface area (TPSA) is 110 Å². The van der Waals surface area contributed by atoms with Crippen molar-refractivity contribution in [1.29, 1.82) is 0 Å². The van der Waals surface area contributed by atoms with E-state index < -0.39 is 17.2 Å². The molecule has 0 N–H and O–H groups in total. The molecule has 0 bridgehead atoms. The van der Waals surface area contributed by atoms with Crippen LogP contribution in [0.3, 0.4) is 0 Å². The third-order valence-corrected chi connectivity index (χ3v) is 5.54. The molecular formula is C22H23N5O5. The SMILES string of the molecule is CCOC(=O)c1ccc(-n2c(C)c(C)n3c4c(=O)n(CC(C)=O)c(=O)n(C)c4nc23)cc1. The summed E-state index contributed by atoms with van der Waals surface area (Å²) < 4.78 is 10.8. The Morgan fingerprint density at radius 3 is 2.31 bits per heavy atom. The predicted molar refractivity (Wildman–Crippen MR) is 118 cm³/mol. The fourth-order valence-electron chi connectivity index (χ4n) is 3.88. The quantitative estimate of drug-likeness (QED) is 0.438. The maximum absolute atomic E-state index is 13.2. The fraction of sp³-hybridized carbons (Fsp3) is 0.318. The highest BCUT2D eigenvalue weighted by atomic mass is 16.5. The molecule has 32 heavy (non-hydrogen) atoms. The minimum atomic E-state index is -0.599. The normalized spacial score (nSPS) is 11.4. The van der Waals surface area contributed by atoms with E-state index in [0.29, 0.717) is 11.3 Å². The molecule has 0 amide bonds. The van der Waals surface area contributed by atoms with Crippen LogP contribution in [0.1, 0.15) is 35.6 Å². The number of carbonyl (C=O) groups excluding carboxylic acids is 2. The summed E-state index contributed by atoms with van der Waals surface area (Å²) in [6.07, 6.45) is 0. The number of aromatic nitrogens is 5. The summed E-state index contributed by atoms with van der Waals surface area (Å²) in [5.41, 5.74) is 2.06. The highest BCUT2D eigenvalue weighted by molar-refractivity contribution is 5.89. The van der Waals surface area contributed by atoms with Gasteiger partial charge in [-0.1, -0.05) is 0 Å². The zero-order valence-electron chi connectivity index (χ0n) is 18.5. The smallest absolute Gasteiger partial charge is 0.338 e. The first-order valence-corrected chi connectivity index (χ1v) is 10.1. The van der Waals surface area contributed by atoms with Crippen LogP contribution in [0.5, 0.6) is 0 Å².